The second-order valence-corrected chi connectivity index (χ2v) is 11.8. The Morgan fingerprint density at radius 2 is 1.84 bits per heavy atom. The Morgan fingerprint density at radius 3 is 2.39 bits per heavy atom. The Bertz CT molecular complexity index is 1330. The Kier molecular flexibility index (Phi) is 7.14. The molecule has 1 N–H and O–H groups in total. The number of amides is 1. The molecule has 10 heteroatoms. The van der Waals surface area contributed by atoms with Gasteiger partial charge in [0.2, 0.25) is 0 Å². The molecular weight excluding hydrogens is 497 g/mol. The van der Waals surface area contributed by atoms with E-state index in [0.29, 0.717) is 29.2 Å². The smallest absolute Gasteiger partial charge is 0.419 e. The fourth-order valence-corrected chi connectivity index (χ4v) is 5.40. The summed E-state index contributed by atoms with van der Waals surface area (Å²) in [4.78, 5) is 17.8. The number of rotatable bonds is 8. The van der Waals surface area contributed by atoms with Gasteiger partial charge in [-0.25, -0.2) is 14.3 Å². The van der Waals surface area contributed by atoms with Crippen LogP contribution >= 0.6 is 0 Å². The zero-order valence-corrected chi connectivity index (χ0v) is 22.6. The van der Waals surface area contributed by atoms with Crippen molar-refractivity contribution < 1.29 is 27.8 Å². The van der Waals surface area contributed by atoms with Crippen molar-refractivity contribution in [2.75, 3.05) is 6.61 Å². The summed E-state index contributed by atoms with van der Waals surface area (Å²) in [7, 11) is 0. The summed E-state index contributed by atoms with van der Waals surface area (Å²) in [5, 5.41) is 14.6. The third-order valence-corrected chi connectivity index (χ3v) is 6.74. The van der Waals surface area contributed by atoms with Crippen molar-refractivity contribution in [2.24, 2.45) is 5.92 Å². The van der Waals surface area contributed by atoms with Crippen LogP contribution in [0.25, 0.3) is 16.9 Å². The molecule has 1 unspecified atom stereocenters. The maximum Gasteiger partial charge on any atom is 0.419 e. The average Bonchev–Trinajstić information content (AvgIpc) is 3.53. The predicted octanol–water partition coefficient (Wildman–Crippen LogP) is 7.25. The van der Waals surface area contributed by atoms with Crippen LogP contribution in [-0.2, 0) is 6.18 Å². The minimum atomic E-state index is -4.69. The lowest BCUT2D eigenvalue weighted by atomic mass is 9.86. The number of aromatic nitrogens is 3. The van der Waals surface area contributed by atoms with Gasteiger partial charge in [-0.3, -0.25) is 4.90 Å². The van der Waals surface area contributed by atoms with Crippen LogP contribution in [0.3, 0.4) is 0 Å². The van der Waals surface area contributed by atoms with Crippen LogP contribution in [0.5, 0.6) is 5.75 Å². The van der Waals surface area contributed by atoms with Gasteiger partial charge >= 0.3 is 12.3 Å². The van der Waals surface area contributed by atoms with Gasteiger partial charge in [0, 0.05) is 29.3 Å². The van der Waals surface area contributed by atoms with Crippen LogP contribution in [0.4, 0.5) is 18.0 Å². The first-order valence-corrected chi connectivity index (χ1v) is 12.8. The Morgan fingerprint density at radius 1 is 1.16 bits per heavy atom. The quantitative estimate of drug-likeness (QED) is 0.330. The van der Waals surface area contributed by atoms with Gasteiger partial charge in [-0.15, -0.1) is 0 Å². The molecule has 4 rings (SSSR count). The van der Waals surface area contributed by atoms with E-state index in [4.69, 9.17) is 4.74 Å². The van der Waals surface area contributed by atoms with Gasteiger partial charge < -0.3 is 9.84 Å². The number of nitrogens with zero attached hydrogens (tertiary/aromatic N) is 4. The lowest BCUT2D eigenvalue weighted by Gasteiger charge is -2.47. The van der Waals surface area contributed by atoms with E-state index < -0.39 is 28.9 Å². The van der Waals surface area contributed by atoms with Crippen LogP contribution in [0.15, 0.2) is 36.5 Å². The van der Waals surface area contributed by atoms with Gasteiger partial charge in [-0.05, 0) is 77.1 Å². The third-order valence-electron chi connectivity index (χ3n) is 6.74. The fourth-order valence-electron chi connectivity index (χ4n) is 5.40. The van der Waals surface area contributed by atoms with Crippen molar-refractivity contribution in [3.8, 4) is 17.0 Å². The summed E-state index contributed by atoms with van der Waals surface area (Å²) in [6, 6.07) is 7.44. The molecule has 0 bridgehead atoms. The van der Waals surface area contributed by atoms with E-state index >= 15 is 0 Å². The molecule has 1 atom stereocenters. The van der Waals surface area contributed by atoms with E-state index in [9.17, 15) is 23.1 Å². The molecule has 38 heavy (non-hydrogen) atoms. The summed E-state index contributed by atoms with van der Waals surface area (Å²) < 4.78 is 50.2. The van der Waals surface area contributed by atoms with Gasteiger partial charge in [-0.2, -0.15) is 18.3 Å². The van der Waals surface area contributed by atoms with E-state index in [2.05, 4.69) is 10.1 Å². The molecule has 3 aromatic rings. The van der Waals surface area contributed by atoms with Crippen LogP contribution in [0, 0.1) is 5.92 Å². The Labute approximate surface area is 220 Å². The van der Waals surface area contributed by atoms with E-state index in [1.54, 1.807) is 50.5 Å². The average molecular weight is 533 g/mol. The largest absolute Gasteiger partial charge is 0.491 e. The van der Waals surface area contributed by atoms with Crippen molar-refractivity contribution in [3.63, 3.8) is 0 Å². The molecule has 2 aromatic heterocycles. The van der Waals surface area contributed by atoms with Gasteiger partial charge in [0.1, 0.15) is 12.4 Å². The minimum absolute atomic E-state index is 0.0842. The minimum Gasteiger partial charge on any atom is -0.491 e. The zero-order chi connectivity index (χ0) is 28.0. The molecule has 2 heterocycles. The molecule has 1 saturated carbocycles. The molecule has 0 aliphatic heterocycles. The summed E-state index contributed by atoms with van der Waals surface area (Å²) in [6.45, 7) is 10.6. The maximum absolute atomic E-state index is 14.3. The molecule has 7 nitrogen and oxygen atoms in total. The number of fused-ring (bicyclic) bond motifs is 1. The van der Waals surface area contributed by atoms with Crippen LogP contribution in [-0.4, -0.2) is 48.4 Å². The standard InChI is InChI=1S/C28H35F3N4O3/c1-17(2)15-27(6,35(25(36)37)26(3,4)5)16-38-23-10-9-19(13-20(23)28(29,30)31)22-11-12-32-24-14-21(18-7-8-18)33-34(22)24/h9-14,17-18H,7-8,15-16H2,1-6H3,(H,36,37). The van der Waals surface area contributed by atoms with Crippen LogP contribution in [0.1, 0.15) is 78.0 Å². The highest BCUT2D eigenvalue weighted by molar-refractivity contribution is 5.67. The van der Waals surface area contributed by atoms with Crippen molar-refractivity contribution in [3.05, 3.63) is 47.8 Å². The van der Waals surface area contributed by atoms with Crippen molar-refractivity contribution in [2.45, 2.75) is 84.0 Å². The lowest BCUT2D eigenvalue weighted by Crippen LogP contribution is -2.61. The molecule has 0 saturated heterocycles. The number of benzene rings is 1. The summed E-state index contributed by atoms with van der Waals surface area (Å²) in [5.74, 6) is 0.116. The van der Waals surface area contributed by atoms with Gasteiger partial charge in [0.25, 0.3) is 0 Å². The third kappa shape index (κ3) is 5.73. The highest BCUT2D eigenvalue weighted by atomic mass is 19.4. The molecule has 206 valence electrons. The number of hydrogen-bond donors (Lipinski definition) is 1. The monoisotopic (exact) mass is 532 g/mol. The summed E-state index contributed by atoms with van der Waals surface area (Å²) in [5.41, 5.74) is -0.482. The first-order chi connectivity index (χ1) is 17.6. The molecule has 0 radical (unpaired) electrons. The number of halogens is 3. The molecule has 1 aliphatic carbocycles. The van der Waals surface area contributed by atoms with E-state index in [-0.39, 0.29) is 18.3 Å². The second kappa shape index (κ2) is 9.78. The number of ether oxygens (including phenoxy) is 1. The van der Waals surface area contributed by atoms with Crippen molar-refractivity contribution in [1.82, 2.24) is 19.5 Å². The van der Waals surface area contributed by atoms with Gasteiger partial charge in [0.05, 0.1) is 22.5 Å². The maximum atomic E-state index is 14.3. The second-order valence-electron chi connectivity index (χ2n) is 11.8. The molecule has 1 fully saturated rings. The molecule has 0 spiro atoms. The Balaban J connectivity index is 1.71. The summed E-state index contributed by atoms with van der Waals surface area (Å²) >= 11 is 0. The Hall–Kier alpha value is -3.30. The lowest BCUT2D eigenvalue weighted by molar-refractivity contribution is -0.139. The predicted molar refractivity (Wildman–Crippen MR) is 138 cm³/mol. The first-order valence-electron chi connectivity index (χ1n) is 12.8. The van der Waals surface area contributed by atoms with Crippen molar-refractivity contribution in [1.29, 1.82) is 0 Å². The SMILES string of the molecule is CC(C)CC(C)(COc1ccc(-c2ccnc3cc(C4CC4)nn23)cc1C(F)(F)F)N(C(=O)O)C(C)(C)C. The topological polar surface area (TPSA) is 80.0 Å². The van der Waals surface area contributed by atoms with E-state index in [1.807, 2.05) is 19.9 Å². The van der Waals surface area contributed by atoms with Crippen LogP contribution in [0.2, 0.25) is 0 Å². The van der Waals surface area contributed by atoms with Crippen molar-refractivity contribution >= 4 is 11.7 Å². The van der Waals surface area contributed by atoms with E-state index in [0.717, 1.165) is 24.6 Å². The normalized spacial score (nSPS) is 16.1. The molecule has 1 aliphatic rings. The molecule has 1 aromatic carbocycles. The number of hydrogen-bond acceptors (Lipinski definition) is 4. The number of carboxylic acid groups (broad SMARTS) is 1. The van der Waals surface area contributed by atoms with E-state index in [1.165, 1.54) is 11.0 Å². The van der Waals surface area contributed by atoms with Gasteiger partial charge in [0.15, 0.2) is 5.65 Å². The van der Waals surface area contributed by atoms with Gasteiger partial charge in [-0.1, -0.05) is 13.8 Å². The van der Waals surface area contributed by atoms with Crippen LogP contribution < -0.4 is 4.74 Å². The highest BCUT2D eigenvalue weighted by Crippen LogP contribution is 2.42. The highest BCUT2D eigenvalue weighted by Gasteiger charge is 2.44. The first kappa shape index (κ1) is 27.7. The number of alkyl halides is 3. The zero-order valence-electron chi connectivity index (χ0n) is 22.6. The number of carbonyl (C=O) groups is 1. The fraction of sp³-hybridized carbons (Fsp3) is 0.536. The molecule has 1 amide bonds. The molecular formula is C28H35F3N4O3. The summed E-state index contributed by atoms with van der Waals surface area (Å²) in [6.07, 6.45) is -1.77.